The number of aromatic nitrogens is 1. The topological polar surface area (TPSA) is 51.5 Å². The van der Waals surface area contributed by atoms with E-state index in [9.17, 15) is 9.59 Å². The molecular formula is C17H20N2O3S. The van der Waals surface area contributed by atoms with Crippen LogP contribution in [0, 0.1) is 13.8 Å². The van der Waals surface area contributed by atoms with Crippen LogP contribution < -0.4 is 14.5 Å². The van der Waals surface area contributed by atoms with Crippen molar-refractivity contribution in [2.75, 3.05) is 11.4 Å². The Labute approximate surface area is 139 Å². The summed E-state index contributed by atoms with van der Waals surface area (Å²) >= 11 is 1.17. The first-order chi connectivity index (χ1) is 11.0. The quantitative estimate of drug-likeness (QED) is 0.868. The number of ether oxygens (including phenoxy) is 1. The number of hydrogen-bond donors (Lipinski definition) is 0. The molecule has 23 heavy (non-hydrogen) atoms. The number of rotatable bonds is 3. The SMILES string of the molecule is Cc1ccc2c(c1)O[C@@H](C)CN2C(=O)CCn1c(C)csc1=O. The minimum Gasteiger partial charge on any atom is -0.487 e. The third kappa shape index (κ3) is 3.17. The molecule has 0 unspecified atom stereocenters. The number of thiazole rings is 1. The van der Waals surface area contributed by atoms with Gasteiger partial charge in [-0.25, -0.2) is 0 Å². The molecule has 1 aliphatic rings. The minimum absolute atomic E-state index is 0.0123. The van der Waals surface area contributed by atoms with E-state index in [1.165, 1.54) is 11.3 Å². The zero-order valence-corrected chi connectivity index (χ0v) is 14.4. The second-order valence-electron chi connectivity index (χ2n) is 5.95. The van der Waals surface area contributed by atoms with Crippen molar-refractivity contribution >= 4 is 22.9 Å². The molecule has 1 aromatic heterocycles. The standard InChI is InChI=1S/C17H20N2O3S/c1-11-4-5-14-15(8-11)22-13(3)9-19(14)16(20)6-7-18-12(2)10-23-17(18)21/h4-5,8,10,13H,6-7,9H2,1-3H3/t13-/m0/s1. The van der Waals surface area contributed by atoms with Crippen molar-refractivity contribution in [2.24, 2.45) is 0 Å². The molecule has 0 aliphatic carbocycles. The summed E-state index contributed by atoms with van der Waals surface area (Å²) in [5.41, 5.74) is 2.82. The molecular weight excluding hydrogens is 312 g/mol. The molecule has 0 N–H and O–H groups in total. The number of nitrogens with zero attached hydrogens (tertiary/aromatic N) is 2. The molecule has 122 valence electrons. The van der Waals surface area contributed by atoms with Gasteiger partial charge in [-0.1, -0.05) is 17.4 Å². The summed E-state index contributed by atoms with van der Waals surface area (Å²) in [6.45, 7) is 6.80. The fraction of sp³-hybridized carbons (Fsp3) is 0.412. The van der Waals surface area contributed by atoms with Gasteiger partial charge in [-0.2, -0.15) is 0 Å². The van der Waals surface area contributed by atoms with Gasteiger partial charge in [-0.3, -0.25) is 9.59 Å². The number of carbonyl (C=O) groups excluding carboxylic acids is 1. The van der Waals surface area contributed by atoms with Gasteiger partial charge < -0.3 is 14.2 Å². The second kappa shape index (κ2) is 6.20. The van der Waals surface area contributed by atoms with E-state index in [1.807, 2.05) is 44.4 Å². The van der Waals surface area contributed by atoms with Crippen LogP contribution in [0.3, 0.4) is 0 Å². The maximum absolute atomic E-state index is 12.7. The Morgan fingerprint density at radius 1 is 1.39 bits per heavy atom. The van der Waals surface area contributed by atoms with Gasteiger partial charge in [0.2, 0.25) is 5.91 Å². The first-order valence-corrected chi connectivity index (χ1v) is 8.56. The molecule has 0 spiro atoms. The Balaban J connectivity index is 1.79. The highest BCUT2D eigenvalue weighted by Gasteiger charge is 2.27. The maximum atomic E-state index is 12.7. The van der Waals surface area contributed by atoms with E-state index >= 15 is 0 Å². The summed E-state index contributed by atoms with van der Waals surface area (Å²) in [4.78, 5) is 26.2. The molecule has 1 amide bonds. The fourth-order valence-electron chi connectivity index (χ4n) is 2.80. The van der Waals surface area contributed by atoms with E-state index in [2.05, 4.69) is 0 Å². The number of benzene rings is 1. The van der Waals surface area contributed by atoms with Gasteiger partial charge in [-0.15, -0.1) is 0 Å². The summed E-state index contributed by atoms with van der Waals surface area (Å²) in [7, 11) is 0. The first-order valence-electron chi connectivity index (χ1n) is 7.68. The van der Waals surface area contributed by atoms with Crippen LogP contribution in [0.1, 0.15) is 24.6 Å². The van der Waals surface area contributed by atoms with Crippen molar-refractivity contribution in [3.05, 3.63) is 44.5 Å². The van der Waals surface area contributed by atoms with E-state index < -0.39 is 0 Å². The van der Waals surface area contributed by atoms with E-state index in [-0.39, 0.29) is 16.9 Å². The Bertz CT molecular complexity index is 793. The Morgan fingerprint density at radius 2 is 2.17 bits per heavy atom. The van der Waals surface area contributed by atoms with Crippen molar-refractivity contribution < 1.29 is 9.53 Å². The maximum Gasteiger partial charge on any atom is 0.307 e. The number of hydrogen-bond acceptors (Lipinski definition) is 4. The largest absolute Gasteiger partial charge is 0.487 e. The molecule has 5 nitrogen and oxygen atoms in total. The molecule has 6 heteroatoms. The van der Waals surface area contributed by atoms with Crippen LogP contribution in [0.4, 0.5) is 5.69 Å². The van der Waals surface area contributed by atoms with Crippen molar-refractivity contribution in [2.45, 2.75) is 39.8 Å². The van der Waals surface area contributed by atoms with Gasteiger partial charge in [-0.05, 0) is 38.5 Å². The van der Waals surface area contributed by atoms with Crippen molar-refractivity contribution in [3.8, 4) is 5.75 Å². The number of amides is 1. The third-order valence-electron chi connectivity index (χ3n) is 4.00. The molecule has 1 aromatic carbocycles. The third-order valence-corrected chi connectivity index (χ3v) is 4.88. The molecule has 0 saturated heterocycles. The second-order valence-corrected chi connectivity index (χ2v) is 6.77. The van der Waals surface area contributed by atoms with Crippen molar-refractivity contribution in [3.63, 3.8) is 0 Å². The molecule has 2 heterocycles. The van der Waals surface area contributed by atoms with Crippen LogP contribution in [-0.2, 0) is 11.3 Å². The fourth-order valence-corrected chi connectivity index (χ4v) is 3.56. The van der Waals surface area contributed by atoms with Gasteiger partial charge in [0, 0.05) is 24.0 Å². The molecule has 0 bridgehead atoms. The van der Waals surface area contributed by atoms with Crippen LogP contribution in [-0.4, -0.2) is 23.1 Å². The molecule has 1 atom stereocenters. The van der Waals surface area contributed by atoms with E-state index in [0.29, 0.717) is 19.5 Å². The lowest BCUT2D eigenvalue weighted by Crippen LogP contribution is -2.42. The minimum atomic E-state index is -0.0427. The summed E-state index contributed by atoms with van der Waals surface area (Å²) in [6.07, 6.45) is 0.260. The summed E-state index contributed by atoms with van der Waals surface area (Å²) in [6, 6.07) is 5.86. The number of anilines is 1. The van der Waals surface area contributed by atoms with Crippen LogP contribution in [0.5, 0.6) is 5.75 Å². The predicted molar refractivity (Wildman–Crippen MR) is 91.6 cm³/mol. The van der Waals surface area contributed by atoms with Gasteiger partial charge in [0.25, 0.3) is 0 Å². The molecule has 3 rings (SSSR count). The van der Waals surface area contributed by atoms with Crippen LogP contribution in [0.25, 0.3) is 0 Å². The molecule has 0 saturated carbocycles. The first kappa shape index (κ1) is 15.8. The summed E-state index contributed by atoms with van der Waals surface area (Å²) < 4.78 is 7.49. The highest BCUT2D eigenvalue weighted by atomic mass is 32.1. The number of carbonyl (C=O) groups is 1. The monoisotopic (exact) mass is 332 g/mol. The van der Waals surface area contributed by atoms with Crippen LogP contribution in [0.15, 0.2) is 28.4 Å². The summed E-state index contributed by atoms with van der Waals surface area (Å²) in [5.74, 6) is 0.767. The predicted octanol–water partition coefficient (Wildman–Crippen LogP) is 2.73. The zero-order chi connectivity index (χ0) is 16.6. The smallest absolute Gasteiger partial charge is 0.307 e. The highest BCUT2D eigenvalue weighted by molar-refractivity contribution is 7.07. The highest BCUT2D eigenvalue weighted by Crippen LogP contribution is 2.34. The Hall–Kier alpha value is -2.08. The molecule has 1 aliphatic heterocycles. The lowest BCUT2D eigenvalue weighted by molar-refractivity contribution is -0.119. The van der Waals surface area contributed by atoms with Crippen LogP contribution >= 0.6 is 11.3 Å². The average Bonchev–Trinajstić information content (AvgIpc) is 2.82. The van der Waals surface area contributed by atoms with Gasteiger partial charge >= 0.3 is 4.87 Å². The molecule has 0 fully saturated rings. The van der Waals surface area contributed by atoms with Crippen molar-refractivity contribution in [1.82, 2.24) is 4.57 Å². The van der Waals surface area contributed by atoms with E-state index in [0.717, 1.165) is 22.7 Å². The summed E-state index contributed by atoms with van der Waals surface area (Å²) in [5, 5.41) is 1.82. The molecule has 2 aromatic rings. The Morgan fingerprint density at radius 3 is 2.87 bits per heavy atom. The van der Waals surface area contributed by atoms with E-state index in [1.54, 1.807) is 9.47 Å². The van der Waals surface area contributed by atoms with Gasteiger partial charge in [0.15, 0.2) is 0 Å². The van der Waals surface area contributed by atoms with Gasteiger partial charge in [0.1, 0.15) is 11.9 Å². The lowest BCUT2D eigenvalue weighted by Gasteiger charge is -2.33. The number of fused-ring (bicyclic) bond motifs is 1. The molecule has 0 radical (unpaired) electrons. The van der Waals surface area contributed by atoms with E-state index in [4.69, 9.17) is 4.74 Å². The zero-order valence-electron chi connectivity index (χ0n) is 13.5. The lowest BCUT2D eigenvalue weighted by atomic mass is 10.1. The van der Waals surface area contributed by atoms with Gasteiger partial charge in [0.05, 0.1) is 12.2 Å². The number of aryl methyl sites for hydroxylation is 2. The Kier molecular flexibility index (Phi) is 4.26. The van der Waals surface area contributed by atoms with Crippen LogP contribution in [0.2, 0.25) is 0 Å². The average molecular weight is 332 g/mol. The van der Waals surface area contributed by atoms with Crippen molar-refractivity contribution in [1.29, 1.82) is 0 Å². The normalized spacial score (nSPS) is 16.8.